The predicted molar refractivity (Wildman–Crippen MR) is 129 cm³/mol. The van der Waals surface area contributed by atoms with E-state index in [1.54, 1.807) is 73.7 Å². The Balaban J connectivity index is 1.56. The lowest BCUT2D eigenvalue weighted by Gasteiger charge is -2.27. The molecule has 0 N–H and O–H groups in total. The summed E-state index contributed by atoms with van der Waals surface area (Å²) in [6.07, 6.45) is -1.000. The molecule has 1 spiro atoms. The van der Waals surface area contributed by atoms with Gasteiger partial charge in [0.05, 0.1) is 23.6 Å². The molecule has 0 bridgehead atoms. The van der Waals surface area contributed by atoms with Gasteiger partial charge in [-0.05, 0) is 42.3 Å². The molecule has 1 aliphatic carbocycles. The van der Waals surface area contributed by atoms with Crippen LogP contribution in [0.2, 0.25) is 10.0 Å². The van der Waals surface area contributed by atoms with Crippen molar-refractivity contribution >= 4 is 52.3 Å². The summed E-state index contributed by atoms with van der Waals surface area (Å²) in [4.78, 5) is 56.4. The van der Waals surface area contributed by atoms with E-state index in [4.69, 9.17) is 27.9 Å². The van der Waals surface area contributed by atoms with Crippen molar-refractivity contribution in [2.75, 3.05) is 4.90 Å². The average Bonchev–Trinajstić information content (AvgIpc) is 3.42. The van der Waals surface area contributed by atoms with Gasteiger partial charge in [0.15, 0.2) is 0 Å². The van der Waals surface area contributed by atoms with E-state index in [0.717, 1.165) is 4.90 Å². The Bertz CT molecular complexity index is 1430. The average molecular weight is 506 g/mol. The van der Waals surface area contributed by atoms with Gasteiger partial charge in [-0.2, -0.15) is 0 Å². The van der Waals surface area contributed by atoms with Crippen LogP contribution in [0.5, 0.6) is 0 Å². The summed E-state index contributed by atoms with van der Waals surface area (Å²) in [5.41, 5.74) is -0.337. The maximum absolute atomic E-state index is 14.0. The summed E-state index contributed by atoms with van der Waals surface area (Å²) < 4.78 is 6.25. The van der Waals surface area contributed by atoms with E-state index in [9.17, 15) is 19.2 Å². The molecule has 174 valence electrons. The third kappa shape index (κ3) is 2.82. The molecular weight excluding hydrogens is 489 g/mol. The van der Waals surface area contributed by atoms with Gasteiger partial charge in [-0.25, -0.2) is 4.90 Å². The van der Waals surface area contributed by atoms with Gasteiger partial charge in [0, 0.05) is 21.2 Å². The minimum Gasteiger partial charge on any atom is -0.349 e. The van der Waals surface area contributed by atoms with E-state index in [-0.39, 0.29) is 11.1 Å². The quantitative estimate of drug-likeness (QED) is 0.361. The van der Waals surface area contributed by atoms with Crippen LogP contribution in [0.25, 0.3) is 0 Å². The largest absolute Gasteiger partial charge is 0.349 e. The lowest BCUT2D eigenvalue weighted by Crippen LogP contribution is -2.51. The van der Waals surface area contributed by atoms with Crippen molar-refractivity contribution in [3.8, 4) is 0 Å². The Labute approximate surface area is 210 Å². The molecule has 2 aliphatic heterocycles. The first-order valence-electron chi connectivity index (χ1n) is 11.0. The fourth-order valence-electron chi connectivity index (χ4n) is 5.55. The Morgan fingerprint density at radius 1 is 0.800 bits per heavy atom. The van der Waals surface area contributed by atoms with Crippen LogP contribution in [0, 0.1) is 18.8 Å². The fraction of sp³-hybridized carbons (Fsp3) is 0.185. The molecule has 0 aromatic heterocycles. The molecule has 2 saturated heterocycles. The number of anilines is 1. The van der Waals surface area contributed by atoms with Gasteiger partial charge < -0.3 is 4.74 Å². The SMILES string of the molecule is Cc1c(Cl)cccc1N1C(=O)[C@@H]2[C@H](c3ccc(Cl)cc3)OC3(C(=O)c4ccccc4C3=O)[C@H]2C1=O. The van der Waals surface area contributed by atoms with Crippen LogP contribution in [0.3, 0.4) is 0 Å². The summed E-state index contributed by atoms with van der Waals surface area (Å²) in [5, 5.41) is 0.865. The third-order valence-corrected chi connectivity index (χ3v) is 7.86. The Hall–Kier alpha value is -3.32. The van der Waals surface area contributed by atoms with Crippen molar-refractivity contribution < 1.29 is 23.9 Å². The second-order valence-electron chi connectivity index (χ2n) is 8.93. The number of halogens is 2. The summed E-state index contributed by atoms with van der Waals surface area (Å²) in [7, 11) is 0. The molecule has 0 unspecified atom stereocenters. The predicted octanol–water partition coefficient (Wildman–Crippen LogP) is 5.00. The van der Waals surface area contributed by atoms with Crippen molar-refractivity contribution in [3.63, 3.8) is 0 Å². The summed E-state index contributed by atoms with van der Waals surface area (Å²) in [6.45, 7) is 1.71. The van der Waals surface area contributed by atoms with E-state index >= 15 is 0 Å². The molecule has 2 heterocycles. The normalized spacial score (nSPS) is 24.4. The minimum atomic E-state index is -2.12. The lowest BCUT2D eigenvalue weighted by atomic mass is 9.77. The number of Topliss-reactive ketones (excluding diaryl/α,β-unsaturated/α-hetero) is 2. The number of rotatable bonds is 2. The van der Waals surface area contributed by atoms with Crippen LogP contribution in [-0.4, -0.2) is 29.0 Å². The van der Waals surface area contributed by atoms with Gasteiger partial charge in [0.1, 0.15) is 0 Å². The number of benzene rings is 3. The van der Waals surface area contributed by atoms with Crippen molar-refractivity contribution in [1.29, 1.82) is 0 Å². The number of hydrogen-bond donors (Lipinski definition) is 0. The number of nitrogens with zero attached hydrogens (tertiary/aromatic N) is 1. The molecule has 6 rings (SSSR count). The highest BCUT2D eigenvalue weighted by atomic mass is 35.5. The zero-order chi connectivity index (χ0) is 24.6. The van der Waals surface area contributed by atoms with Gasteiger partial charge in [0.25, 0.3) is 0 Å². The van der Waals surface area contributed by atoms with Gasteiger partial charge in [-0.3, -0.25) is 19.2 Å². The second kappa shape index (κ2) is 7.59. The zero-order valence-corrected chi connectivity index (χ0v) is 19.8. The fourth-order valence-corrected chi connectivity index (χ4v) is 5.84. The summed E-state index contributed by atoms with van der Waals surface area (Å²) in [5.74, 6) is -4.80. The Kier molecular flexibility index (Phi) is 4.81. The minimum absolute atomic E-state index is 0.186. The van der Waals surface area contributed by atoms with Crippen molar-refractivity contribution in [1.82, 2.24) is 0 Å². The molecular formula is C27H17Cl2NO5. The zero-order valence-electron chi connectivity index (χ0n) is 18.3. The lowest BCUT2D eigenvalue weighted by molar-refractivity contribution is -0.127. The number of carbonyl (C=O) groups is 4. The topological polar surface area (TPSA) is 80.8 Å². The van der Waals surface area contributed by atoms with Crippen molar-refractivity contribution in [2.24, 2.45) is 11.8 Å². The number of hydrogen-bond acceptors (Lipinski definition) is 5. The number of carbonyl (C=O) groups excluding carboxylic acids is 4. The molecule has 35 heavy (non-hydrogen) atoms. The van der Waals surface area contributed by atoms with Gasteiger partial charge in [0.2, 0.25) is 29.0 Å². The Morgan fingerprint density at radius 3 is 2.06 bits per heavy atom. The van der Waals surface area contributed by atoms with E-state index in [0.29, 0.717) is 26.9 Å². The number of ketones is 2. The van der Waals surface area contributed by atoms with Crippen LogP contribution in [-0.2, 0) is 14.3 Å². The maximum atomic E-state index is 14.0. The summed E-state index contributed by atoms with van der Waals surface area (Å²) >= 11 is 12.3. The van der Waals surface area contributed by atoms with E-state index in [1.807, 2.05) is 0 Å². The maximum Gasteiger partial charge on any atom is 0.241 e. The van der Waals surface area contributed by atoms with Gasteiger partial charge in [-0.1, -0.05) is 65.7 Å². The molecule has 3 aliphatic rings. The molecule has 3 aromatic carbocycles. The van der Waals surface area contributed by atoms with Gasteiger partial charge >= 0.3 is 0 Å². The molecule has 2 fully saturated rings. The van der Waals surface area contributed by atoms with Crippen LogP contribution in [0.1, 0.15) is 37.9 Å². The van der Waals surface area contributed by atoms with Crippen molar-refractivity contribution in [3.05, 3.63) is 99.0 Å². The van der Waals surface area contributed by atoms with E-state index < -0.39 is 46.9 Å². The summed E-state index contributed by atoms with van der Waals surface area (Å²) in [6, 6.07) is 17.9. The van der Waals surface area contributed by atoms with Crippen LogP contribution < -0.4 is 4.90 Å². The van der Waals surface area contributed by atoms with Crippen LogP contribution >= 0.6 is 23.2 Å². The standard InChI is InChI=1S/C27H17Cl2NO5/c1-13-18(29)7-4-8-19(13)30-25(33)20-21(26(30)34)27(35-22(20)14-9-11-15(28)12-10-14)23(31)16-5-2-3-6-17(16)24(27)32/h2-12,20-22H,1H3/t20-,21+,22-/m0/s1. The number of imide groups is 1. The van der Waals surface area contributed by atoms with Crippen LogP contribution in [0.15, 0.2) is 66.7 Å². The van der Waals surface area contributed by atoms with Gasteiger partial charge in [-0.15, -0.1) is 0 Å². The van der Waals surface area contributed by atoms with Crippen LogP contribution in [0.4, 0.5) is 5.69 Å². The first-order chi connectivity index (χ1) is 16.8. The highest BCUT2D eigenvalue weighted by Crippen LogP contribution is 2.58. The molecule has 3 atom stereocenters. The van der Waals surface area contributed by atoms with E-state index in [1.165, 1.54) is 0 Å². The highest BCUT2D eigenvalue weighted by Gasteiger charge is 2.74. The van der Waals surface area contributed by atoms with E-state index in [2.05, 4.69) is 0 Å². The third-order valence-electron chi connectivity index (χ3n) is 7.20. The highest BCUT2D eigenvalue weighted by molar-refractivity contribution is 6.37. The molecule has 2 amide bonds. The Morgan fingerprint density at radius 2 is 1.43 bits per heavy atom. The smallest absolute Gasteiger partial charge is 0.241 e. The molecule has 6 nitrogen and oxygen atoms in total. The second-order valence-corrected chi connectivity index (χ2v) is 9.77. The first kappa shape index (κ1) is 22.2. The first-order valence-corrected chi connectivity index (χ1v) is 11.8. The number of amides is 2. The molecule has 3 aromatic rings. The molecule has 0 radical (unpaired) electrons. The molecule has 0 saturated carbocycles. The molecule has 8 heteroatoms. The van der Waals surface area contributed by atoms with Crippen molar-refractivity contribution in [2.45, 2.75) is 18.6 Å². The monoisotopic (exact) mass is 505 g/mol. The number of ether oxygens (including phenoxy) is 1. The number of fused-ring (bicyclic) bond motifs is 3.